The second kappa shape index (κ2) is 30.5. The number of oxime groups is 2. The van der Waals surface area contributed by atoms with Crippen LogP contribution in [0, 0.1) is 0 Å². The molecule has 0 amide bonds. The van der Waals surface area contributed by atoms with Gasteiger partial charge in [-0.05, 0) is 123 Å². The molecule has 2 heterocycles. The van der Waals surface area contributed by atoms with E-state index in [0.29, 0.717) is 50.1 Å². The average molecular weight is 1310 g/mol. The van der Waals surface area contributed by atoms with Gasteiger partial charge in [0.15, 0.2) is 0 Å². The minimum atomic E-state index is -0.844. The molecule has 8 rings (SSSR count). The molecule has 2 aliphatic carbocycles. The molecule has 386 valence electrons. The maximum atomic E-state index is 11.7. The van der Waals surface area contributed by atoms with Gasteiger partial charge in [-0.1, -0.05) is 142 Å². The number of aliphatic carboxylic acids is 1. The quantitative estimate of drug-likeness (QED) is 0.0524. The van der Waals surface area contributed by atoms with Crippen LogP contribution < -0.4 is 148 Å². The van der Waals surface area contributed by atoms with Gasteiger partial charge in [-0.3, -0.25) is 14.4 Å². The summed E-state index contributed by atoms with van der Waals surface area (Å²) >= 11 is 3.55. The number of hydrogen-bond acceptors (Lipinski definition) is 12. The Morgan fingerprint density at radius 3 is 1.53 bits per heavy atom. The molecule has 2 N–H and O–H groups in total. The number of halogens is 1. The third-order valence-corrected chi connectivity index (χ3v) is 14.8. The Hall–Kier alpha value is -1.63. The first kappa shape index (κ1) is 65.7. The summed E-state index contributed by atoms with van der Waals surface area (Å²) in [6.07, 6.45) is 6.60. The standard InChI is InChI=1S/C27H33NO4.C15H21Br.C14H17NO4.CH2O3.2Cs.H/c1-26(2)12-13-27(3,4)23-15-18(5-10-22(23)26)17-31-20-8-6-19(7-9-20)21(16-25(29)30)24-11-14-32-28-24;1-14(2)7-8-15(3,4)13-9-11(10-16)5-6-12(13)14;1-2-18-14(17)9-12(13-7-8-19-15-13)10-3-5-11(16)6-4-10;2-1-4-3;;;/h5-10,15,21H,11-14,16-17H2,1-4H3,(H,29,30);5-6,9H,7-8,10H2,1-4H3;3-6,12,16H,2,7-9H2,1H3;1,3H;;;/q;;;;2*+1;-1/p-1. The van der Waals surface area contributed by atoms with Crippen molar-refractivity contribution in [1.29, 1.82) is 0 Å². The molecule has 0 bridgehead atoms. The molecule has 2 aliphatic heterocycles. The van der Waals surface area contributed by atoms with Crippen LogP contribution >= 0.6 is 15.9 Å². The zero-order chi connectivity index (χ0) is 52.0. The normalized spacial score (nSPS) is 17.6. The van der Waals surface area contributed by atoms with E-state index in [1.807, 2.05) is 24.3 Å². The molecule has 4 aromatic carbocycles. The van der Waals surface area contributed by atoms with Crippen molar-refractivity contribution in [2.75, 3.05) is 19.8 Å². The summed E-state index contributed by atoms with van der Waals surface area (Å²) in [5, 5.41) is 36.0. The number of carbonyl (C=O) groups is 3. The maximum absolute atomic E-state index is 11.7. The monoisotopic (exact) mass is 1310 g/mol. The molecule has 73 heavy (non-hydrogen) atoms. The van der Waals surface area contributed by atoms with E-state index in [0.717, 1.165) is 33.6 Å². The molecule has 0 aromatic heterocycles. The van der Waals surface area contributed by atoms with E-state index in [1.165, 1.54) is 47.9 Å². The predicted molar refractivity (Wildman–Crippen MR) is 278 cm³/mol. The average Bonchev–Trinajstić information content (AvgIpc) is 4.10. The zero-order valence-electron chi connectivity index (χ0n) is 45.8. The number of alkyl halides is 1. The number of ether oxygens (including phenoxy) is 2. The number of esters is 1. The molecule has 0 spiro atoms. The molecule has 2 atom stereocenters. The van der Waals surface area contributed by atoms with E-state index in [2.05, 4.69) is 123 Å². The SMILES string of the molecule is CC1(C)CCC(C)(C)c2cc(CBr)ccc21.CC1(C)CCC(C)(C)c2cc(COc3ccc(C(CC(=O)O)C4=NOCC4)cc3)ccc21.CCOC(=O)CC(C1=NOCC1)c1ccc(O)cc1.O=CO[O-].[Cs+].[Cs+].[H-]. The van der Waals surface area contributed by atoms with Crippen LogP contribution in [0.2, 0.25) is 0 Å². The number of carbonyl (C=O) groups excluding carboxylic acids is 2. The topological polar surface area (TPSA) is 186 Å². The number of carboxylic acid groups (broad SMARTS) is 1. The number of nitrogens with zero attached hydrogens (tertiary/aromatic N) is 2. The van der Waals surface area contributed by atoms with E-state index in [4.69, 9.17) is 29.2 Å². The second-order valence-corrected chi connectivity index (χ2v) is 21.7. The number of hydrogen-bond donors (Lipinski definition) is 2. The van der Waals surface area contributed by atoms with Crippen molar-refractivity contribution in [2.24, 2.45) is 10.3 Å². The van der Waals surface area contributed by atoms with Crippen molar-refractivity contribution < 1.29 is 193 Å². The minimum Gasteiger partial charge on any atom is -1.00 e. The number of benzene rings is 4. The first-order valence-electron chi connectivity index (χ1n) is 24.5. The van der Waals surface area contributed by atoms with Crippen LogP contribution in [0.4, 0.5) is 0 Å². The van der Waals surface area contributed by atoms with Gasteiger partial charge in [0, 0.05) is 30.0 Å². The Morgan fingerprint density at radius 2 is 1.12 bits per heavy atom. The van der Waals surface area contributed by atoms with Crippen LogP contribution in [-0.2, 0) is 67.3 Å². The smallest absolute Gasteiger partial charge is 1.00 e. The molecule has 4 aromatic rings. The number of fused-ring (bicyclic) bond motifs is 2. The third kappa shape index (κ3) is 19.1. The minimum absolute atomic E-state index is 0. The van der Waals surface area contributed by atoms with E-state index < -0.39 is 5.97 Å². The van der Waals surface area contributed by atoms with Crippen LogP contribution in [0.1, 0.15) is 171 Å². The van der Waals surface area contributed by atoms with Crippen LogP contribution in [0.5, 0.6) is 11.5 Å². The van der Waals surface area contributed by atoms with E-state index in [9.17, 15) is 19.8 Å². The van der Waals surface area contributed by atoms with Crippen LogP contribution in [0.3, 0.4) is 0 Å². The molecule has 0 saturated heterocycles. The maximum Gasteiger partial charge on any atom is 1.00 e. The van der Waals surface area contributed by atoms with Gasteiger partial charge in [0.1, 0.15) is 31.3 Å². The third-order valence-electron chi connectivity index (χ3n) is 14.1. The molecular weight excluding hydrogens is 1230 g/mol. The van der Waals surface area contributed by atoms with Crippen LogP contribution in [0.25, 0.3) is 0 Å². The van der Waals surface area contributed by atoms with Gasteiger partial charge in [-0.25, -0.2) is 0 Å². The van der Waals surface area contributed by atoms with Gasteiger partial charge >= 0.3 is 150 Å². The van der Waals surface area contributed by atoms with E-state index in [1.54, 1.807) is 42.3 Å². The van der Waals surface area contributed by atoms with Crippen molar-refractivity contribution in [2.45, 2.75) is 159 Å². The van der Waals surface area contributed by atoms with Crippen LogP contribution in [-0.4, -0.2) is 59.9 Å². The number of phenols is 1. The van der Waals surface area contributed by atoms with Gasteiger partial charge in [0.25, 0.3) is 6.47 Å². The number of rotatable bonds is 14. The first-order valence-corrected chi connectivity index (χ1v) is 25.6. The number of phenolic OH excluding ortho intramolecular Hbond substituents is 1. The summed E-state index contributed by atoms with van der Waals surface area (Å²) in [6, 6.07) is 28.2. The van der Waals surface area contributed by atoms with Gasteiger partial charge < -0.3 is 40.9 Å². The number of carboxylic acids is 1. The molecule has 0 fully saturated rings. The fourth-order valence-corrected chi connectivity index (χ4v) is 10.0. The zero-order valence-corrected chi connectivity index (χ0v) is 59.0. The van der Waals surface area contributed by atoms with Crippen molar-refractivity contribution in [3.05, 3.63) is 129 Å². The Kier molecular flexibility index (Phi) is 27.4. The second-order valence-electron chi connectivity index (χ2n) is 21.1. The van der Waals surface area contributed by atoms with E-state index >= 15 is 0 Å². The van der Waals surface area contributed by atoms with Crippen molar-refractivity contribution in [3.63, 3.8) is 0 Å². The molecular formula is C57H73BrCs2N2O11. The number of aromatic hydroxyl groups is 1. The van der Waals surface area contributed by atoms with Gasteiger partial charge in [0.05, 0.1) is 30.9 Å². The molecule has 0 saturated carbocycles. The Labute approximate surface area is 560 Å². The predicted octanol–water partition coefficient (Wildman–Crippen LogP) is 5.64. The van der Waals surface area contributed by atoms with E-state index in [-0.39, 0.29) is 193 Å². The molecule has 0 radical (unpaired) electrons. The molecule has 13 nitrogen and oxygen atoms in total. The molecule has 2 unspecified atom stereocenters. The summed E-state index contributed by atoms with van der Waals surface area (Å²) < 4.78 is 11.1. The van der Waals surface area contributed by atoms with Gasteiger partial charge in [-0.15, -0.1) is 0 Å². The largest absolute Gasteiger partial charge is 1.00 e. The van der Waals surface area contributed by atoms with Crippen LogP contribution in [0.15, 0.2) is 95.2 Å². The summed E-state index contributed by atoms with van der Waals surface area (Å²) in [5.74, 6) is -0.552. The molecule has 4 aliphatic rings. The summed E-state index contributed by atoms with van der Waals surface area (Å²) in [4.78, 5) is 44.4. The summed E-state index contributed by atoms with van der Waals surface area (Å²) in [6.45, 7) is 22.3. The van der Waals surface area contributed by atoms with Gasteiger partial charge in [0.2, 0.25) is 0 Å². The summed E-state index contributed by atoms with van der Waals surface area (Å²) in [5.41, 5.74) is 13.1. The van der Waals surface area contributed by atoms with Crippen molar-refractivity contribution in [3.8, 4) is 11.5 Å². The molecule has 16 heteroatoms. The Balaban J connectivity index is 0.000000383. The Morgan fingerprint density at radius 1 is 0.699 bits per heavy atom. The first-order chi connectivity index (χ1) is 33.6. The fourth-order valence-electron chi connectivity index (χ4n) is 9.66. The van der Waals surface area contributed by atoms with Crippen molar-refractivity contribution in [1.82, 2.24) is 0 Å². The van der Waals surface area contributed by atoms with Gasteiger partial charge in [-0.2, -0.15) is 0 Å². The summed E-state index contributed by atoms with van der Waals surface area (Å²) in [7, 11) is 0. The fraction of sp³-hybridized carbons (Fsp3) is 0.491. The Bertz CT molecular complexity index is 2500. The van der Waals surface area contributed by atoms with Crippen molar-refractivity contribution >= 4 is 45.8 Å².